The molecule has 0 bridgehead atoms. The van der Waals surface area contributed by atoms with E-state index in [0.717, 1.165) is 19.3 Å². The predicted octanol–water partition coefficient (Wildman–Crippen LogP) is 2.81. The second-order valence-corrected chi connectivity index (χ2v) is 10.5. The number of pyridine rings is 1. The molecule has 1 saturated heterocycles. The number of aromatic nitrogens is 3. The van der Waals surface area contributed by atoms with Gasteiger partial charge in [-0.25, -0.2) is 9.97 Å². The van der Waals surface area contributed by atoms with Gasteiger partial charge in [0.1, 0.15) is 28.1 Å². The number of nitrogens with zero attached hydrogens (tertiary/aromatic N) is 5. The molecule has 0 radical (unpaired) electrons. The highest BCUT2D eigenvalue weighted by Gasteiger charge is 2.34. The molecule has 0 aliphatic carbocycles. The number of unbranched alkanes of at least 4 members (excludes halogenated alkanes) is 1. The molecule has 1 aliphatic heterocycles. The van der Waals surface area contributed by atoms with Crippen LogP contribution in [0.15, 0.2) is 34.9 Å². The number of amides is 3. The lowest BCUT2D eigenvalue weighted by Gasteiger charge is -2.22. The van der Waals surface area contributed by atoms with Gasteiger partial charge in [-0.15, -0.1) is 11.3 Å². The lowest BCUT2D eigenvalue weighted by Crippen LogP contribution is -2.45. The van der Waals surface area contributed by atoms with Crippen LogP contribution in [0.5, 0.6) is 0 Å². The number of aliphatic imine (C=N–C) groups is 1. The van der Waals surface area contributed by atoms with Crippen molar-refractivity contribution < 1.29 is 14.4 Å². The van der Waals surface area contributed by atoms with E-state index in [4.69, 9.17) is 17.3 Å². The quantitative estimate of drug-likeness (QED) is 0.198. The number of fused-ring (bicyclic) bond motifs is 1. The van der Waals surface area contributed by atoms with Crippen molar-refractivity contribution in [3.63, 3.8) is 0 Å². The number of halogens is 1. The van der Waals surface area contributed by atoms with Crippen molar-refractivity contribution in [2.24, 2.45) is 10.7 Å². The first-order chi connectivity index (χ1) is 18.3. The van der Waals surface area contributed by atoms with Crippen molar-refractivity contribution in [3.8, 4) is 0 Å². The number of thiazole rings is 1. The third-order valence-electron chi connectivity index (χ3n) is 6.32. The Morgan fingerprint density at radius 3 is 2.82 bits per heavy atom. The third kappa shape index (κ3) is 6.48. The first-order valence-corrected chi connectivity index (χ1v) is 13.7. The number of nitrogens with one attached hydrogen (secondary N) is 2. The Balaban J connectivity index is 1.41. The summed E-state index contributed by atoms with van der Waals surface area (Å²) in [5, 5.41) is 8.29. The zero-order valence-electron chi connectivity index (χ0n) is 21.3. The Hall–Kier alpha value is -3.51. The minimum atomic E-state index is -0.686. The molecule has 3 amide bonds. The number of imidazole rings is 1. The summed E-state index contributed by atoms with van der Waals surface area (Å²) >= 11 is 7.39. The summed E-state index contributed by atoms with van der Waals surface area (Å²) in [5.41, 5.74) is 6.74. The zero-order chi connectivity index (χ0) is 27.2. The van der Waals surface area contributed by atoms with Crippen LogP contribution in [0, 0.1) is 0 Å². The summed E-state index contributed by atoms with van der Waals surface area (Å²) in [7, 11) is 1.54. The fraction of sp³-hybridized carbons (Fsp3) is 0.440. The van der Waals surface area contributed by atoms with Crippen LogP contribution >= 0.6 is 22.9 Å². The van der Waals surface area contributed by atoms with Gasteiger partial charge < -0.3 is 25.7 Å². The van der Waals surface area contributed by atoms with Crippen molar-refractivity contribution in [2.45, 2.75) is 51.1 Å². The van der Waals surface area contributed by atoms with Crippen LogP contribution in [0.4, 0.5) is 0 Å². The van der Waals surface area contributed by atoms with E-state index in [9.17, 15) is 14.4 Å². The van der Waals surface area contributed by atoms with Gasteiger partial charge in [0, 0.05) is 37.9 Å². The summed E-state index contributed by atoms with van der Waals surface area (Å²) < 4.78 is 1.72. The molecular weight excluding hydrogens is 528 g/mol. The van der Waals surface area contributed by atoms with E-state index in [1.54, 1.807) is 46.1 Å². The number of amidine groups is 1. The summed E-state index contributed by atoms with van der Waals surface area (Å²) in [6, 6.07) is 2.55. The van der Waals surface area contributed by atoms with Crippen LogP contribution in [0.2, 0.25) is 5.02 Å². The average Bonchev–Trinajstić information content (AvgIpc) is 3.65. The molecule has 202 valence electrons. The highest BCUT2D eigenvalue weighted by Crippen LogP contribution is 2.35. The van der Waals surface area contributed by atoms with E-state index in [1.165, 1.54) is 18.4 Å². The lowest BCUT2D eigenvalue weighted by atomic mass is 10.1. The molecule has 2 atom stereocenters. The van der Waals surface area contributed by atoms with Crippen molar-refractivity contribution in [3.05, 3.63) is 51.3 Å². The zero-order valence-corrected chi connectivity index (χ0v) is 22.9. The molecule has 0 aromatic carbocycles. The maximum Gasteiger partial charge on any atom is 0.274 e. The fourth-order valence-corrected chi connectivity index (χ4v) is 5.53. The maximum absolute atomic E-state index is 13.3. The van der Waals surface area contributed by atoms with Crippen LogP contribution in [-0.4, -0.2) is 69.0 Å². The molecule has 13 heteroatoms. The van der Waals surface area contributed by atoms with Crippen molar-refractivity contribution in [2.75, 3.05) is 20.1 Å². The molecule has 1 aliphatic rings. The lowest BCUT2D eigenvalue weighted by molar-refractivity contribution is -0.122. The monoisotopic (exact) mass is 558 g/mol. The maximum atomic E-state index is 13.3. The van der Waals surface area contributed by atoms with Crippen LogP contribution in [-0.2, 0) is 4.79 Å². The molecule has 0 unspecified atom stereocenters. The predicted molar refractivity (Wildman–Crippen MR) is 147 cm³/mol. The normalized spacial score (nSPS) is 16.6. The van der Waals surface area contributed by atoms with Gasteiger partial charge in [-0.05, 0) is 51.2 Å². The van der Waals surface area contributed by atoms with E-state index in [-0.39, 0.29) is 23.6 Å². The van der Waals surface area contributed by atoms with Gasteiger partial charge in [-0.1, -0.05) is 11.6 Å². The molecule has 1 fully saturated rings. The Morgan fingerprint density at radius 1 is 1.24 bits per heavy atom. The van der Waals surface area contributed by atoms with Crippen LogP contribution in [0.3, 0.4) is 0 Å². The van der Waals surface area contributed by atoms with E-state index in [0.29, 0.717) is 53.1 Å². The third-order valence-corrected chi connectivity index (χ3v) is 7.49. The van der Waals surface area contributed by atoms with Gasteiger partial charge in [0.25, 0.3) is 11.8 Å². The minimum Gasteiger partial charge on any atom is -0.388 e. The van der Waals surface area contributed by atoms with E-state index < -0.39 is 11.9 Å². The van der Waals surface area contributed by atoms with E-state index in [2.05, 4.69) is 25.6 Å². The molecule has 4 heterocycles. The highest BCUT2D eigenvalue weighted by molar-refractivity contribution is 7.09. The second kappa shape index (κ2) is 12.4. The Kier molecular flexibility index (Phi) is 8.95. The first-order valence-electron chi connectivity index (χ1n) is 12.5. The summed E-state index contributed by atoms with van der Waals surface area (Å²) in [6.07, 6.45) is 6.86. The molecule has 3 aromatic rings. The van der Waals surface area contributed by atoms with E-state index in [1.807, 2.05) is 0 Å². The summed E-state index contributed by atoms with van der Waals surface area (Å²) in [4.78, 5) is 53.5. The van der Waals surface area contributed by atoms with Crippen LogP contribution < -0.4 is 16.4 Å². The number of carbonyl (C=O) groups excluding carboxylic acids is 3. The van der Waals surface area contributed by atoms with Crippen molar-refractivity contribution >= 4 is 52.1 Å². The Morgan fingerprint density at radius 2 is 2.05 bits per heavy atom. The van der Waals surface area contributed by atoms with Gasteiger partial charge >= 0.3 is 0 Å². The van der Waals surface area contributed by atoms with Gasteiger partial charge in [-0.2, -0.15) is 0 Å². The molecule has 0 saturated carbocycles. The van der Waals surface area contributed by atoms with Crippen LogP contribution in [0.25, 0.3) is 5.65 Å². The highest BCUT2D eigenvalue weighted by atomic mass is 35.5. The summed E-state index contributed by atoms with van der Waals surface area (Å²) in [5.74, 6) is -0.368. The SMILES string of the molecule is CNC(=O)[C@@H](CCCCN=C(C)N)NC(=O)c1csc([C@@H]2CCCN2C(=O)c2cn3cc(Cl)ccc3n2)n1. The molecule has 11 nitrogen and oxygen atoms in total. The average molecular weight is 559 g/mol. The Bertz CT molecular complexity index is 1350. The number of carbonyl (C=O) groups is 3. The number of rotatable bonds is 10. The number of likely N-dealkylation sites (N-methyl/N-ethyl adjacent to an activating group) is 1. The topological polar surface area (TPSA) is 147 Å². The Labute approximate surface area is 229 Å². The number of likely N-dealkylation sites (tertiary alicyclic amines) is 1. The second-order valence-electron chi connectivity index (χ2n) is 9.13. The van der Waals surface area contributed by atoms with Crippen LogP contribution in [0.1, 0.15) is 71.1 Å². The van der Waals surface area contributed by atoms with Gasteiger partial charge in [-0.3, -0.25) is 19.4 Å². The molecule has 3 aromatic heterocycles. The molecule has 4 rings (SSSR count). The largest absolute Gasteiger partial charge is 0.388 e. The molecule has 38 heavy (non-hydrogen) atoms. The summed E-state index contributed by atoms with van der Waals surface area (Å²) in [6.45, 7) is 2.88. The van der Waals surface area contributed by atoms with Crippen molar-refractivity contribution in [1.82, 2.24) is 29.9 Å². The number of nitrogens with two attached hydrogens (primary N) is 1. The fourth-order valence-electron chi connectivity index (χ4n) is 4.42. The first kappa shape index (κ1) is 27.5. The van der Waals surface area contributed by atoms with Crippen molar-refractivity contribution in [1.29, 1.82) is 0 Å². The molecule has 0 spiro atoms. The minimum absolute atomic E-state index is 0.192. The molecule has 4 N–H and O–H groups in total. The number of hydrogen-bond acceptors (Lipinski definition) is 7. The van der Waals surface area contributed by atoms with Gasteiger partial charge in [0.2, 0.25) is 5.91 Å². The van der Waals surface area contributed by atoms with Gasteiger partial charge in [0.15, 0.2) is 0 Å². The molecular formula is C25H31ClN8O3S. The number of hydrogen-bond donors (Lipinski definition) is 3. The standard InChI is InChI=1S/C25H31ClN8O3S/c1-15(27)29-10-4-3-6-17(22(35)28-2)31-23(36)19-14-38-24(32-19)20-7-5-11-34(20)25(37)18-13-33-12-16(26)8-9-21(33)30-18/h8-9,12-14,17,20H,3-7,10-11H2,1-2H3,(H2,27,29)(H,28,35)(H,31,36)/t17-,20+/m1/s1. The van der Waals surface area contributed by atoms with E-state index >= 15 is 0 Å². The van der Waals surface area contributed by atoms with Gasteiger partial charge in [0.05, 0.1) is 16.9 Å². The smallest absolute Gasteiger partial charge is 0.274 e.